The fraction of sp³-hybridized carbons (Fsp3) is 0.818. The van der Waals surface area contributed by atoms with Crippen LogP contribution in [0.15, 0.2) is 11.6 Å². The highest BCUT2D eigenvalue weighted by atomic mass is 32.2. The van der Waals surface area contributed by atoms with Crippen LogP contribution in [0.2, 0.25) is 0 Å². The fourth-order valence-electron chi connectivity index (χ4n) is 7.63. The lowest BCUT2D eigenvalue weighted by Gasteiger charge is -2.60. The third-order valence-electron chi connectivity index (χ3n) is 8.66. The van der Waals surface area contributed by atoms with Crippen LogP contribution in [0.5, 0.6) is 0 Å². The molecule has 4 aliphatic rings. The maximum Gasteiger partial charge on any atom is 0.264 e. The molecule has 28 heavy (non-hydrogen) atoms. The first-order chi connectivity index (χ1) is 13.0. The highest BCUT2D eigenvalue weighted by molar-refractivity contribution is 7.86. The summed E-state index contributed by atoms with van der Waals surface area (Å²) in [4.78, 5) is 24.4. The number of hydrogen-bond acceptors (Lipinski definition) is 5. The second-order valence-corrected chi connectivity index (χ2v) is 11.8. The minimum absolute atomic E-state index is 0.0122. The molecule has 1 unspecified atom stereocenters. The zero-order valence-corrected chi connectivity index (χ0v) is 18.2. The van der Waals surface area contributed by atoms with E-state index in [2.05, 4.69) is 13.8 Å². The molecule has 0 aromatic carbocycles. The minimum atomic E-state index is -3.61. The minimum Gasteiger partial charge on any atom is -0.300 e. The molecule has 3 fully saturated rings. The molecular weight excluding hydrogens is 376 g/mol. The Morgan fingerprint density at radius 3 is 2.54 bits per heavy atom. The van der Waals surface area contributed by atoms with Crippen molar-refractivity contribution in [2.45, 2.75) is 71.8 Å². The van der Waals surface area contributed by atoms with Crippen LogP contribution in [0.4, 0.5) is 0 Å². The topological polar surface area (TPSA) is 77.5 Å². The monoisotopic (exact) mass is 408 g/mol. The third kappa shape index (κ3) is 3.02. The summed E-state index contributed by atoms with van der Waals surface area (Å²) in [6, 6.07) is 0. The molecule has 0 spiro atoms. The van der Waals surface area contributed by atoms with Gasteiger partial charge in [0, 0.05) is 12.3 Å². The number of allylic oxidation sites excluding steroid dienone is 1. The second-order valence-electron chi connectivity index (χ2n) is 10.2. The van der Waals surface area contributed by atoms with Gasteiger partial charge in [0.15, 0.2) is 5.78 Å². The molecular formula is C22H32O5S. The molecule has 156 valence electrons. The van der Waals surface area contributed by atoms with E-state index in [4.69, 9.17) is 4.18 Å². The lowest BCUT2D eigenvalue weighted by Crippen LogP contribution is -2.57. The fourth-order valence-corrected chi connectivity index (χ4v) is 8.27. The van der Waals surface area contributed by atoms with Crippen molar-refractivity contribution in [2.75, 3.05) is 6.26 Å². The Hall–Kier alpha value is -1.01. The van der Waals surface area contributed by atoms with Crippen molar-refractivity contribution in [1.29, 1.82) is 0 Å². The number of Topliss-reactive ketones (excluding diaryl/α,β-unsaturated/α-hetero) is 1. The highest BCUT2D eigenvalue weighted by Crippen LogP contribution is 2.67. The predicted molar refractivity (Wildman–Crippen MR) is 106 cm³/mol. The Morgan fingerprint density at radius 1 is 1.18 bits per heavy atom. The SMILES string of the molecule is CC(=O)[C@H]1CC[C@H]2[C@@H]3CCC4=CC(=O)CC[C@]4(C)[C@H]3C(OS(C)(=O)=O)C[C@]12C. The quantitative estimate of drug-likeness (QED) is 0.666. The average Bonchev–Trinajstić information content (AvgIpc) is 2.90. The van der Waals surface area contributed by atoms with Crippen LogP contribution in [-0.2, 0) is 23.9 Å². The van der Waals surface area contributed by atoms with E-state index in [0.29, 0.717) is 24.7 Å². The van der Waals surface area contributed by atoms with Crippen LogP contribution in [-0.4, -0.2) is 32.3 Å². The number of carbonyl (C=O) groups is 2. The highest BCUT2D eigenvalue weighted by Gasteiger charge is 2.63. The van der Waals surface area contributed by atoms with E-state index in [9.17, 15) is 18.0 Å². The standard InChI is InChI=1S/C22H32O5S/c1-13(23)17-7-8-18-16-6-5-14-11-15(24)9-10-21(14,2)20(16)19(12-22(17,18)3)27-28(4,25)26/h11,16-20H,5-10,12H2,1-4H3/t16-,17+,18-,19?,20+,21-,22+/m0/s1. The first kappa shape index (κ1) is 20.3. The number of rotatable bonds is 3. The summed E-state index contributed by atoms with van der Waals surface area (Å²) < 4.78 is 30.0. The van der Waals surface area contributed by atoms with Crippen molar-refractivity contribution >= 4 is 21.7 Å². The van der Waals surface area contributed by atoms with Gasteiger partial charge in [0.25, 0.3) is 10.1 Å². The summed E-state index contributed by atoms with van der Waals surface area (Å²) in [7, 11) is -3.61. The van der Waals surface area contributed by atoms with Gasteiger partial charge in [-0.25, -0.2) is 0 Å². The van der Waals surface area contributed by atoms with E-state index in [1.54, 1.807) is 6.92 Å². The van der Waals surface area contributed by atoms with Crippen LogP contribution >= 0.6 is 0 Å². The van der Waals surface area contributed by atoms with Gasteiger partial charge in [-0.05, 0) is 80.1 Å². The van der Waals surface area contributed by atoms with E-state index in [1.807, 2.05) is 6.08 Å². The summed E-state index contributed by atoms with van der Waals surface area (Å²) in [5.41, 5.74) is 0.781. The molecule has 4 aliphatic carbocycles. The van der Waals surface area contributed by atoms with E-state index in [1.165, 1.54) is 5.57 Å². The molecule has 0 aromatic heterocycles. The largest absolute Gasteiger partial charge is 0.300 e. The second kappa shape index (κ2) is 6.49. The summed E-state index contributed by atoms with van der Waals surface area (Å²) in [6.07, 6.45) is 8.17. The molecule has 6 heteroatoms. The Kier molecular flexibility index (Phi) is 4.70. The Bertz CT molecular complexity index is 843. The van der Waals surface area contributed by atoms with Gasteiger partial charge in [-0.1, -0.05) is 19.4 Å². The van der Waals surface area contributed by atoms with Gasteiger partial charge in [0.1, 0.15) is 5.78 Å². The zero-order valence-electron chi connectivity index (χ0n) is 17.4. The van der Waals surface area contributed by atoms with Gasteiger partial charge in [-0.15, -0.1) is 0 Å². The summed E-state index contributed by atoms with van der Waals surface area (Å²) in [5, 5.41) is 0. The number of ketones is 2. The van der Waals surface area contributed by atoms with Gasteiger partial charge >= 0.3 is 0 Å². The molecule has 0 aliphatic heterocycles. The molecule has 4 rings (SSSR count). The molecule has 7 atom stereocenters. The molecule has 0 N–H and O–H groups in total. The normalized spacial score (nSPS) is 45.6. The van der Waals surface area contributed by atoms with Crippen molar-refractivity contribution in [2.24, 2.45) is 34.5 Å². The number of carbonyl (C=O) groups excluding carboxylic acids is 2. The Morgan fingerprint density at radius 2 is 1.89 bits per heavy atom. The zero-order chi connectivity index (χ0) is 20.5. The predicted octanol–water partition coefficient (Wildman–Crippen LogP) is 3.68. The van der Waals surface area contributed by atoms with Gasteiger partial charge in [-0.2, -0.15) is 8.42 Å². The molecule has 0 saturated heterocycles. The lowest BCUT2D eigenvalue weighted by atomic mass is 9.46. The van der Waals surface area contributed by atoms with Crippen molar-refractivity contribution in [3.05, 3.63) is 11.6 Å². The van der Waals surface area contributed by atoms with E-state index >= 15 is 0 Å². The lowest BCUT2D eigenvalue weighted by molar-refractivity contribution is -0.138. The molecule has 5 nitrogen and oxygen atoms in total. The summed E-state index contributed by atoms with van der Waals surface area (Å²) in [6.45, 7) is 6.07. The number of fused-ring (bicyclic) bond motifs is 5. The third-order valence-corrected chi connectivity index (χ3v) is 9.26. The smallest absolute Gasteiger partial charge is 0.264 e. The molecule has 0 bridgehead atoms. The Labute approximate surface area is 168 Å². The average molecular weight is 409 g/mol. The first-order valence-corrected chi connectivity index (χ1v) is 12.4. The summed E-state index contributed by atoms with van der Waals surface area (Å²) in [5.74, 6) is 1.23. The summed E-state index contributed by atoms with van der Waals surface area (Å²) >= 11 is 0. The maximum atomic E-state index is 12.4. The molecule has 0 heterocycles. The van der Waals surface area contributed by atoms with Crippen LogP contribution in [0, 0.1) is 34.5 Å². The van der Waals surface area contributed by atoms with Crippen molar-refractivity contribution in [3.63, 3.8) is 0 Å². The van der Waals surface area contributed by atoms with Gasteiger partial charge in [-0.3, -0.25) is 13.8 Å². The molecule has 0 radical (unpaired) electrons. The Balaban J connectivity index is 1.80. The van der Waals surface area contributed by atoms with E-state index in [-0.39, 0.29) is 34.2 Å². The number of hydrogen-bond donors (Lipinski definition) is 0. The maximum absolute atomic E-state index is 12.4. The van der Waals surface area contributed by atoms with Crippen LogP contribution in [0.3, 0.4) is 0 Å². The van der Waals surface area contributed by atoms with Gasteiger partial charge < -0.3 is 0 Å². The van der Waals surface area contributed by atoms with Gasteiger partial charge in [0.05, 0.1) is 12.4 Å². The van der Waals surface area contributed by atoms with E-state index < -0.39 is 16.2 Å². The van der Waals surface area contributed by atoms with Crippen LogP contribution in [0.25, 0.3) is 0 Å². The van der Waals surface area contributed by atoms with Crippen molar-refractivity contribution < 1.29 is 22.2 Å². The van der Waals surface area contributed by atoms with Crippen molar-refractivity contribution in [3.8, 4) is 0 Å². The molecule has 0 aromatic rings. The van der Waals surface area contributed by atoms with E-state index in [0.717, 1.165) is 38.4 Å². The van der Waals surface area contributed by atoms with Crippen LogP contribution < -0.4 is 0 Å². The molecule has 3 saturated carbocycles. The molecule has 0 amide bonds. The van der Waals surface area contributed by atoms with Crippen LogP contribution in [0.1, 0.15) is 65.7 Å². The first-order valence-electron chi connectivity index (χ1n) is 10.6. The van der Waals surface area contributed by atoms with Gasteiger partial charge in [0.2, 0.25) is 0 Å². The van der Waals surface area contributed by atoms with Crippen molar-refractivity contribution in [1.82, 2.24) is 0 Å².